The molecule has 0 bridgehead atoms. The van der Waals surface area contributed by atoms with Crippen molar-refractivity contribution in [3.8, 4) is 0 Å². The number of carbonyl (C=O) groups excluding carboxylic acids is 1. The van der Waals surface area contributed by atoms with E-state index in [1.165, 1.54) is 4.52 Å². The molecule has 1 N–H and O–H groups in total. The molecule has 1 fully saturated rings. The van der Waals surface area contributed by atoms with Crippen molar-refractivity contribution < 1.29 is 4.79 Å². The zero-order chi connectivity index (χ0) is 19.1. The Hall–Kier alpha value is -2.90. The van der Waals surface area contributed by atoms with Crippen LogP contribution >= 0.6 is 0 Å². The van der Waals surface area contributed by atoms with Gasteiger partial charge in [-0.05, 0) is 26.2 Å². The van der Waals surface area contributed by atoms with Crippen LogP contribution in [0.4, 0.5) is 0 Å². The second-order valence-electron chi connectivity index (χ2n) is 7.20. The molecule has 142 valence electrons. The van der Waals surface area contributed by atoms with Gasteiger partial charge in [-0.25, -0.2) is 9.50 Å². The monoisotopic (exact) mass is 368 g/mol. The van der Waals surface area contributed by atoms with Crippen molar-refractivity contribution in [1.29, 1.82) is 0 Å². The number of aryl methyl sites for hydroxylation is 2. The number of piperidine rings is 1. The third-order valence-corrected chi connectivity index (χ3v) is 5.50. The first-order valence-corrected chi connectivity index (χ1v) is 9.37. The second kappa shape index (κ2) is 6.68. The minimum Gasteiger partial charge on any atom is -0.338 e. The molecule has 1 amide bonds. The van der Waals surface area contributed by atoms with Crippen LogP contribution in [0.5, 0.6) is 0 Å². The van der Waals surface area contributed by atoms with Crippen LogP contribution in [-0.2, 0) is 13.5 Å². The Labute approximate surface area is 156 Å². The maximum atomic E-state index is 12.9. The van der Waals surface area contributed by atoms with E-state index in [-0.39, 0.29) is 17.4 Å². The molecular weight excluding hydrogens is 344 g/mol. The summed E-state index contributed by atoms with van der Waals surface area (Å²) in [5, 5.41) is 7.37. The number of hydrogen-bond donors (Lipinski definition) is 1. The van der Waals surface area contributed by atoms with Gasteiger partial charge in [0.25, 0.3) is 11.5 Å². The lowest BCUT2D eigenvalue weighted by Crippen LogP contribution is -2.39. The average molecular weight is 368 g/mol. The Morgan fingerprint density at radius 2 is 2.19 bits per heavy atom. The normalized spacial score (nSPS) is 17.6. The van der Waals surface area contributed by atoms with E-state index in [4.69, 9.17) is 0 Å². The molecule has 0 aliphatic carbocycles. The fourth-order valence-corrected chi connectivity index (χ4v) is 3.74. The maximum Gasteiger partial charge on any atom is 0.272 e. The molecule has 1 aliphatic rings. The number of aromatic amines is 1. The molecule has 1 aliphatic heterocycles. The molecule has 27 heavy (non-hydrogen) atoms. The van der Waals surface area contributed by atoms with E-state index in [1.54, 1.807) is 16.9 Å². The zero-order valence-corrected chi connectivity index (χ0v) is 15.9. The highest BCUT2D eigenvalue weighted by Crippen LogP contribution is 2.27. The molecule has 0 radical (unpaired) electrons. The lowest BCUT2D eigenvalue weighted by atomic mass is 9.94. The van der Waals surface area contributed by atoms with Gasteiger partial charge in [0.1, 0.15) is 0 Å². The topological polar surface area (TPSA) is 88.3 Å². The molecule has 8 heteroatoms. The number of rotatable bonds is 3. The lowest BCUT2D eigenvalue weighted by molar-refractivity contribution is 0.0705. The molecule has 3 aromatic heterocycles. The van der Waals surface area contributed by atoms with Crippen LogP contribution in [0, 0.1) is 6.92 Å². The number of amides is 1. The Morgan fingerprint density at radius 3 is 2.89 bits per heavy atom. The van der Waals surface area contributed by atoms with Gasteiger partial charge in [0.15, 0.2) is 5.65 Å². The van der Waals surface area contributed by atoms with Crippen LogP contribution in [-0.4, -0.2) is 48.3 Å². The summed E-state index contributed by atoms with van der Waals surface area (Å²) in [7, 11) is 1.84. The van der Waals surface area contributed by atoms with Gasteiger partial charge in [-0.2, -0.15) is 5.10 Å². The second-order valence-corrected chi connectivity index (χ2v) is 7.20. The average Bonchev–Trinajstić information content (AvgIpc) is 3.25. The number of aromatic nitrogens is 5. The van der Waals surface area contributed by atoms with Crippen LogP contribution in [0.3, 0.4) is 0 Å². The number of fused-ring (bicyclic) bond motifs is 1. The summed E-state index contributed by atoms with van der Waals surface area (Å²) in [5.74, 6) is 0.177. The van der Waals surface area contributed by atoms with Gasteiger partial charge in [0, 0.05) is 55.3 Å². The van der Waals surface area contributed by atoms with Crippen molar-refractivity contribution in [2.45, 2.75) is 39.0 Å². The van der Waals surface area contributed by atoms with Crippen molar-refractivity contribution in [1.82, 2.24) is 29.3 Å². The van der Waals surface area contributed by atoms with E-state index in [2.05, 4.69) is 15.2 Å². The summed E-state index contributed by atoms with van der Waals surface area (Å²) in [5.41, 5.74) is 3.81. The van der Waals surface area contributed by atoms with E-state index in [9.17, 15) is 9.59 Å². The number of nitrogens with zero attached hydrogens (tertiary/aromatic N) is 5. The van der Waals surface area contributed by atoms with Crippen molar-refractivity contribution in [3.05, 3.63) is 51.3 Å². The molecule has 3 aromatic rings. The van der Waals surface area contributed by atoms with Crippen LogP contribution in [0.2, 0.25) is 0 Å². The highest BCUT2D eigenvalue weighted by molar-refractivity contribution is 5.95. The van der Waals surface area contributed by atoms with E-state index in [1.807, 2.05) is 31.9 Å². The lowest BCUT2D eigenvalue weighted by Gasteiger charge is -2.32. The Balaban J connectivity index is 1.60. The van der Waals surface area contributed by atoms with Crippen LogP contribution in [0.1, 0.15) is 53.1 Å². The standard InChI is InChI=1S/C19H24N6O2/c1-4-14-8-18(26)25-17(21-14)9-16(22-25)13-6-5-7-24(11-13)19(27)15-10-20-23(3)12(15)2/h8-10,13,22H,4-7,11H2,1-3H3/t13-/m1/s1. The molecule has 1 saturated heterocycles. The molecular formula is C19H24N6O2. The fraction of sp³-hybridized carbons (Fsp3) is 0.474. The first-order valence-electron chi connectivity index (χ1n) is 9.37. The first kappa shape index (κ1) is 17.5. The van der Waals surface area contributed by atoms with Gasteiger partial charge in [-0.1, -0.05) is 6.92 Å². The van der Waals surface area contributed by atoms with Crippen molar-refractivity contribution in [3.63, 3.8) is 0 Å². The zero-order valence-electron chi connectivity index (χ0n) is 15.9. The molecule has 4 heterocycles. The van der Waals surface area contributed by atoms with Crippen molar-refractivity contribution in [2.75, 3.05) is 13.1 Å². The predicted octanol–water partition coefficient (Wildman–Crippen LogP) is 1.65. The third-order valence-electron chi connectivity index (χ3n) is 5.50. The fourth-order valence-electron chi connectivity index (χ4n) is 3.74. The van der Waals surface area contributed by atoms with Gasteiger partial charge in [0.2, 0.25) is 0 Å². The molecule has 8 nitrogen and oxygen atoms in total. The Bertz CT molecular complexity index is 1060. The van der Waals surface area contributed by atoms with Gasteiger partial charge in [0.05, 0.1) is 11.8 Å². The van der Waals surface area contributed by atoms with Gasteiger partial charge in [-0.15, -0.1) is 0 Å². The molecule has 0 aromatic carbocycles. The van der Waals surface area contributed by atoms with E-state index >= 15 is 0 Å². The summed E-state index contributed by atoms with van der Waals surface area (Å²) < 4.78 is 3.20. The highest BCUT2D eigenvalue weighted by Gasteiger charge is 2.28. The number of carbonyl (C=O) groups is 1. The first-order chi connectivity index (χ1) is 13.0. The van der Waals surface area contributed by atoms with Gasteiger partial charge >= 0.3 is 0 Å². The van der Waals surface area contributed by atoms with Crippen molar-refractivity contribution >= 4 is 11.6 Å². The quantitative estimate of drug-likeness (QED) is 0.761. The maximum absolute atomic E-state index is 12.9. The summed E-state index contributed by atoms with van der Waals surface area (Å²) in [6, 6.07) is 3.50. The van der Waals surface area contributed by atoms with Gasteiger partial charge in [-0.3, -0.25) is 19.4 Å². The molecule has 1 atom stereocenters. The molecule has 4 rings (SSSR count). The van der Waals surface area contributed by atoms with Crippen LogP contribution in [0.25, 0.3) is 5.65 Å². The summed E-state index contributed by atoms with van der Waals surface area (Å²) in [4.78, 5) is 31.6. The summed E-state index contributed by atoms with van der Waals surface area (Å²) in [6.45, 7) is 5.25. The van der Waals surface area contributed by atoms with Gasteiger partial charge < -0.3 is 4.90 Å². The Kier molecular flexibility index (Phi) is 4.33. The number of H-pyrrole nitrogens is 1. The predicted molar refractivity (Wildman–Crippen MR) is 101 cm³/mol. The highest BCUT2D eigenvalue weighted by atomic mass is 16.2. The summed E-state index contributed by atoms with van der Waals surface area (Å²) >= 11 is 0. The molecule has 0 saturated carbocycles. The third kappa shape index (κ3) is 3.05. The van der Waals surface area contributed by atoms with Crippen LogP contribution in [0.15, 0.2) is 23.1 Å². The van der Waals surface area contributed by atoms with E-state index in [0.717, 1.165) is 42.9 Å². The Morgan fingerprint density at radius 1 is 1.37 bits per heavy atom. The summed E-state index contributed by atoms with van der Waals surface area (Å²) in [6.07, 6.45) is 4.26. The number of hydrogen-bond acceptors (Lipinski definition) is 4. The molecule has 0 spiro atoms. The largest absolute Gasteiger partial charge is 0.338 e. The smallest absolute Gasteiger partial charge is 0.272 e. The molecule has 0 unspecified atom stereocenters. The van der Waals surface area contributed by atoms with Crippen molar-refractivity contribution in [2.24, 2.45) is 7.05 Å². The minimum absolute atomic E-state index is 0.0185. The van der Waals surface area contributed by atoms with E-state index < -0.39 is 0 Å². The number of nitrogens with one attached hydrogen (secondary N) is 1. The van der Waals surface area contributed by atoms with E-state index in [0.29, 0.717) is 17.8 Å². The minimum atomic E-state index is -0.0992. The number of likely N-dealkylation sites (tertiary alicyclic amines) is 1. The van der Waals surface area contributed by atoms with Crippen LogP contribution < -0.4 is 5.56 Å². The SMILES string of the molecule is CCc1cc(=O)n2[nH]c([C@@H]3CCCN(C(=O)c4cnn(C)c4C)C3)cc2n1.